The SMILES string of the molecule is CN=C(NCCCOC)NCC(C)(C)N1CC(C)CC(C)C1.I. The highest BCUT2D eigenvalue weighted by Crippen LogP contribution is 2.26. The minimum absolute atomic E-state index is 0. The molecule has 0 aromatic carbocycles. The molecule has 0 aromatic rings. The lowest BCUT2D eigenvalue weighted by Gasteiger charge is -2.45. The van der Waals surface area contributed by atoms with Gasteiger partial charge in [0.2, 0.25) is 0 Å². The molecule has 0 bridgehead atoms. The molecule has 1 fully saturated rings. The van der Waals surface area contributed by atoms with Crippen molar-refractivity contribution >= 4 is 29.9 Å². The first-order valence-electron chi connectivity index (χ1n) is 8.57. The fourth-order valence-electron chi connectivity index (χ4n) is 3.21. The fourth-order valence-corrected chi connectivity index (χ4v) is 3.21. The molecule has 1 saturated heterocycles. The molecule has 5 nitrogen and oxygen atoms in total. The molecule has 2 N–H and O–H groups in total. The van der Waals surface area contributed by atoms with Gasteiger partial charge in [0.25, 0.3) is 0 Å². The van der Waals surface area contributed by atoms with Crippen molar-refractivity contribution in [2.24, 2.45) is 16.8 Å². The summed E-state index contributed by atoms with van der Waals surface area (Å²) in [7, 11) is 3.56. The zero-order valence-electron chi connectivity index (χ0n) is 15.8. The average molecular weight is 440 g/mol. The lowest BCUT2D eigenvalue weighted by atomic mass is 9.88. The van der Waals surface area contributed by atoms with Crippen molar-refractivity contribution in [2.45, 2.75) is 46.1 Å². The highest BCUT2D eigenvalue weighted by molar-refractivity contribution is 14.0. The second-order valence-corrected chi connectivity index (χ2v) is 7.36. The van der Waals surface area contributed by atoms with Crippen molar-refractivity contribution in [3.63, 3.8) is 0 Å². The van der Waals surface area contributed by atoms with E-state index in [-0.39, 0.29) is 29.5 Å². The second kappa shape index (κ2) is 11.5. The lowest BCUT2D eigenvalue weighted by molar-refractivity contribution is 0.0483. The standard InChI is InChI=1S/C17H36N4O.HI/c1-14-10-15(2)12-21(11-14)17(3,4)13-20-16(18-5)19-8-7-9-22-6;/h14-15H,7-13H2,1-6H3,(H2,18,19,20);1H. The number of hydrogen-bond donors (Lipinski definition) is 2. The van der Waals surface area contributed by atoms with Gasteiger partial charge in [0.1, 0.15) is 0 Å². The van der Waals surface area contributed by atoms with Gasteiger partial charge in [-0.15, -0.1) is 24.0 Å². The number of ether oxygens (including phenoxy) is 1. The number of likely N-dealkylation sites (tertiary alicyclic amines) is 1. The highest BCUT2D eigenvalue weighted by Gasteiger charge is 2.32. The van der Waals surface area contributed by atoms with Gasteiger partial charge in [-0.3, -0.25) is 9.89 Å². The van der Waals surface area contributed by atoms with Crippen molar-refractivity contribution in [2.75, 3.05) is 46.9 Å². The Labute approximate surface area is 160 Å². The number of halogens is 1. The molecule has 1 rings (SSSR count). The van der Waals surface area contributed by atoms with E-state index in [9.17, 15) is 0 Å². The summed E-state index contributed by atoms with van der Waals surface area (Å²) in [5.74, 6) is 2.45. The van der Waals surface area contributed by atoms with Crippen LogP contribution in [-0.2, 0) is 4.74 Å². The van der Waals surface area contributed by atoms with E-state index < -0.39 is 0 Å². The van der Waals surface area contributed by atoms with E-state index >= 15 is 0 Å². The van der Waals surface area contributed by atoms with E-state index in [2.05, 4.69) is 48.2 Å². The quantitative estimate of drug-likeness (QED) is 0.277. The average Bonchev–Trinajstić information content (AvgIpc) is 2.45. The van der Waals surface area contributed by atoms with Crippen LogP contribution in [0.4, 0.5) is 0 Å². The van der Waals surface area contributed by atoms with Crippen molar-refractivity contribution in [3.8, 4) is 0 Å². The molecule has 23 heavy (non-hydrogen) atoms. The summed E-state index contributed by atoms with van der Waals surface area (Å²) in [6.45, 7) is 14.3. The number of aliphatic imine (C=N–C) groups is 1. The molecule has 2 unspecified atom stereocenters. The molecule has 1 heterocycles. The molecule has 0 amide bonds. The number of rotatable bonds is 7. The molecule has 0 radical (unpaired) electrons. The number of hydrogen-bond acceptors (Lipinski definition) is 3. The van der Waals surface area contributed by atoms with Crippen LogP contribution in [0.5, 0.6) is 0 Å². The van der Waals surface area contributed by atoms with Gasteiger partial charge in [0.15, 0.2) is 5.96 Å². The third-order valence-electron chi connectivity index (χ3n) is 4.45. The minimum Gasteiger partial charge on any atom is -0.385 e. The van der Waals surface area contributed by atoms with E-state index in [1.807, 2.05) is 7.05 Å². The van der Waals surface area contributed by atoms with E-state index in [4.69, 9.17) is 4.74 Å². The first kappa shape index (κ1) is 22.9. The molecular weight excluding hydrogens is 403 g/mol. The summed E-state index contributed by atoms with van der Waals surface area (Å²) < 4.78 is 5.06. The maximum atomic E-state index is 5.06. The fraction of sp³-hybridized carbons (Fsp3) is 0.941. The van der Waals surface area contributed by atoms with Crippen LogP contribution in [0.2, 0.25) is 0 Å². The summed E-state index contributed by atoms with van der Waals surface area (Å²) in [4.78, 5) is 6.92. The smallest absolute Gasteiger partial charge is 0.191 e. The molecule has 6 heteroatoms. The largest absolute Gasteiger partial charge is 0.385 e. The molecule has 2 atom stereocenters. The first-order valence-corrected chi connectivity index (χ1v) is 8.57. The van der Waals surface area contributed by atoms with Gasteiger partial charge in [-0.1, -0.05) is 13.8 Å². The number of nitrogens with one attached hydrogen (secondary N) is 2. The Morgan fingerprint density at radius 1 is 1.22 bits per heavy atom. The highest BCUT2D eigenvalue weighted by atomic mass is 127. The molecule has 0 aliphatic carbocycles. The Bertz CT molecular complexity index is 339. The van der Waals surface area contributed by atoms with Gasteiger partial charge in [0.05, 0.1) is 0 Å². The zero-order valence-corrected chi connectivity index (χ0v) is 18.1. The summed E-state index contributed by atoms with van der Waals surface area (Å²) in [5, 5.41) is 6.81. The van der Waals surface area contributed by atoms with E-state index in [1.54, 1.807) is 7.11 Å². The van der Waals surface area contributed by atoms with Crippen molar-refractivity contribution in [1.82, 2.24) is 15.5 Å². The van der Waals surface area contributed by atoms with Gasteiger partial charge in [-0.05, 0) is 38.5 Å². The Morgan fingerprint density at radius 2 is 1.83 bits per heavy atom. The van der Waals surface area contributed by atoms with E-state index in [1.165, 1.54) is 19.5 Å². The van der Waals surface area contributed by atoms with Crippen molar-refractivity contribution in [1.29, 1.82) is 0 Å². The Balaban J connectivity index is 0.00000484. The maximum Gasteiger partial charge on any atom is 0.191 e. The summed E-state index contributed by atoms with van der Waals surface area (Å²) in [6, 6.07) is 0. The second-order valence-electron chi connectivity index (χ2n) is 7.36. The molecule has 0 saturated carbocycles. The van der Waals surface area contributed by atoms with Crippen LogP contribution >= 0.6 is 24.0 Å². The van der Waals surface area contributed by atoms with E-state index in [0.29, 0.717) is 0 Å². The normalized spacial score (nSPS) is 23.3. The molecular formula is C17H37IN4O. The third kappa shape index (κ3) is 8.54. The van der Waals surface area contributed by atoms with Crippen LogP contribution < -0.4 is 10.6 Å². The third-order valence-corrected chi connectivity index (χ3v) is 4.45. The zero-order chi connectivity index (χ0) is 16.6. The lowest BCUT2D eigenvalue weighted by Crippen LogP contribution is -2.57. The predicted octanol–water partition coefficient (Wildman–Crippen LogP) is 2.56. The minimum atomic E-state index is 0. The van der Waals surface area contributed by atoms with Gasteiger partial charge >= 0.3 is 0 Å². The Kier molecular flexibility index (Phi) is 11.4. The van der Waals surface area contributed by atoms with Crippen molar-refractivity contribution in [3.05, 3.63) is 0 Å². The van der Waals surface area contributed by atoms with Crippen LogP contribution in [-0.4, -0.2) is 63.3 Å². The van der Waals surface area contributed by atoms with Gasteiger partial charge in [-0.25, -0.2) is 0 Å². The molecule has 1 aliphatic heterocycles. The van der Waals surface area contributed by atoms with E-state index in [0.717, 1.165) is 43.9 Å². The summed E-state index contributed by atoms with van der Waals surface area (Å²) >= 11 is 0. The van der Waals surface area contributed by atoms with Gasteiger partial charge < -0.3 is 15.4 Å². The number of nitrogens with zero attached hydrogens (tertiary/aromatic N) is 2. The predicted molar refractivity (Wildman–Crippen MR) is 110 cm³/mol. The van der Waals surface area contributed by atoms with Gasteiger partial charge in [0, 0.05) is 52.5 Å². The summed E-state index contributed by atoms with van der Waals surface area (Å²) in [5.41, 5.74) is 0.132. The van der Waals surface area contributed by atoms with Crippen LogP contribution in [0.15, 0.2) is 4.99 Å². The Hall–Kier alpha value is -0.0800. The van der Waals surface area contributed by atoms with Gasteiger partial charge in [-0.2, -0.15) is 0 Å². The van der Waals surface area contributed by atoms with Crippen LogP contribution in [0.1, 0.15) is 40.5 Å². The Morgan fingerprint density at radius 3 is 2.35 bits per heavy atom. The summed E-state index contributed by atoms with van der Waals surface area (Å²) in [6.07, 6.45) is 2.34. The number of piperidine rings is 1. The van der Waals surface area contributed by atoms with Crippen LogP contribution in [0.25, 0.3) is 0 Å². The molecule has 138 valence electrons. The molecule has 0 spiro atoms. The number of methoxy groups -OCH3 is 1. The topological polar surface area (TPSA) is 48.9 Å². The van der Waals surface area contributed by atoms with Crippen molar-refractivity contribution < 1.29 is 4.74 Å². The number of guanidine groups is 1. The molecule has 0 aromatic heterocycles. The maximum absolute atomic E-state index is 5.06. The monoisotopic (exact) mass is 440 g/mol. The van der Waals surface area contributed by atoms with Crippen LogP contribution in [0, 0.1) is 11.8 Å². The molecule has 1 aliphatic rings. The van der Waals surface area contributed by atoms with Crippen LogP contribution in [0.3, 0.4) is 0 Å². The first-order chi connectivity index (χ1) is 10.4.